The molecule has 1 aromatic heterocycles. The number of ether oxygens (including phenoxy) is 2. The third-order valence-electron chi connectivity index (χ3n) is 6.40. The van der Waals surface area contributed by atoms with E-state index in [-0.39, 0.29) is 24.1 Å². The summed E-state index contributed by atoms with van der Waals surface area (Å²) in [5.41, 5.74) is 7.88. The number of benzene rings is 2. The molecule has 1 aliphatic rings. The van der Waals surface area contributed by atoms with E-state index in [0.29, 0.717) is 17.0 Å². The minimum atomic E-state index is -0.0593. The second kappa shape index (κ2) is 9.48. The van der Waals surface area contributed by atoms with Crippen LogP contribution in [0.3, 0.4) is 0 Å². The van der Waals surface area contributed by atoms with Crippen LogP contribution in [0.2, 0.25) is 0 Å². The van der Waals surface area contributed by atoms with Crippen LogP contribution in [0.15, 0.2) is 40.1 Å². The summed E-state index contributed by atoms with van der Waals surface area (Å²) in [7, 11) is 5.07. The first-order valence-electron chi connectivity index (χ1n) is 11.0. The summed E-state index contributed by atoms with van der Waals surface area (Å²) in [4.78, 5) is 18.5. The number of methoxy groups -OCH3 is 2. The van der Waals surface area contributed by atoms with E-state index in [0.717, 1.165) is 46.5 Å². The molecule has 0 spiro atoms. The van der Waals surface area contributed by atoms with Crippen LogP contribution < -0.4 is 20.7 Å². The Balaban J connectivity index is 0.00000306. The Morgan fingerprint density at radius 3 is 2.18 bits per heavy atom. The fourth-order valence-corrected chi connectivity index (χ4v) is 4.78. The van der Waals surface area contributed by atoms with Crippen molar-refractivity contribution in [2.24, 2.45) is 12.0 Å². The fraction of sp³-hybridized carbons (Fsp3) is 0.385. The molecule has 0 bridgehead atoms. The maximum Gasteiger partial charge on any atom is 0.330 e. The summed E-state index contributed by atoms with van der Waals surface area (Å²) in [6.07, 6.45) is 1.62. The number of halogens is 1. The van der Waals surface area contributed by atoms with E-state index < -0.39 is 0 Å². The van der Waals surface area contributed by atoms with Gasteiger partial charge in [-0.15, -0.1) is 12.4 Å². The van der Waals surface area contributed by atoms with Gasteiger partial charge >= 0.3 is 5.69 Å². The average Bonchev–Trinajstić information content (AvgIpc) is 2.77. The maximum atomic E-state index is 13.5. The zero-order chi connectivity index (χ0) is 23.2. The normalized spacial score (nSPS) is 14.9. The van der Waals surface area contributed by atoms with Gasteiger partial charge in [-0.2, -0.15) is 0 Å². The number of hydrogen-bond acceptors (Lipinski definition) is 4. The molecule has 7 heteroatoms. The van der Waals surface area contributed by atoms with Gasteiger partial charge in [0.1, 0.15) is 5.49 Å². The Bertz CT molecular complexity index is 1310. The number of aromatic nitrogens is 2. The Morgan fingerprint density at radius 2 is 1.61 bits per heavy atom. The van der Waals surface area contributed by atoms with Gasteiger partial charge in [-0.25, -0.2) is 9.79 Å². The summed E-state index contributed by atoms with van der Waals surface area (Å²) in [5, 5.41) is 0. The van der Waals surface area contributed by atoms with Crippen molar-refractivity contribution in [2.75, 3.05) is 14.2 Å². The van der Waals surface area contributed by atoms with Crippen molar-refractivity contribution in [3.05, 3.63) is 68.6 Å². The van der Waals surface area contributed by atoms with Gasteiger partial charge < -0.3 is 9.47 Å². The fourth-order valence-electron chi connectivity index (χ4n) is 4.78. The van der Waals surface area contributed by atoms with Crippen LogP contribution >= 0.6 is 12.4 Å². The standard InChI is InChI=1S/C26H31N3O3.ClH/c1-8-19-11-18-12-22(31-6)23(32-7)13-20(18)21-14-24(28(5)26(30)29(19)21)27-25-16(3)9-15(2)10-17(25)4;/h9-10,12-14,19H,8,11H2,1-7H3;1H/t19-;/m0./s1. The molecule has 0 aliphatic carbocycles. The van der Waals surface area contributed by atoms with E-state index in [1.165, 1.54) is 5.56 Å². The van der Waals surface area contributed by atoms with E-state index in [1.54, 1.807) is 25.8 Å². The minimum Gasteiger partial charge on any atom is -0.493 e. The molecule has 2 heterocycles. The molecule has 4 rings (SSSR count). The zero-order valence-corrected chi connectivity index (χ0v) is 21.2. The molecule has 1 atom stereocenters. The van der Waals surface area contributed by atoms with Crippen molar-refractivity contribution in [2.45, 2.75) is 46.6 Å². The second-order valence-corrected chi connectivity index (χ2v) is 8.59. The molecule has 0 amide bonds. The summed E-state index contributed by atoms with van der Waals surface area (Å²) >= 11 is 0. The lowest BCUT2D eigenvalue weighted by molar-refractivity contribution is 0.353. The highest BCUT2D eigenvalue weighted by Crippen LogP contribution is 2.40. The molecule has 1 aliphatic heterocycles. The Kier molecular flexibility index (Phi) is 7.08. The SMILES string of the molecule is CC[C@H]1Cc2cc(OC)c(OC)cc2-c2cc(=Nc3c(C)cc(C)cc3C)n(C)c(=O)n21.Cl. The lowest BCUT2D eigenvalue weighted by Gasteiger charge is -2.30. The van der Waals surface area contributed by atoms with Crippen LogP contribution in [0, 0.1) is 20.8 Å². The molecule has 0 radical (unpaired) electrons. The summed E-state index contributed by atoms with van der Waals surface area (Å²) in [5.74, 6) is 1.35. The van der Waals surface area contributed by atoms with Crippen LogP contribution in [0.4, 0.5) is 5.69 Å². The molecule has 0 saturated carbocycles. The zero-order valence-electron chi connectivity index (χ0n) is 20.4. The van der Waals surface area contributed by atoms with Crippen molar-refractivity contribution < 1.29 is 9.47 Å². The van der Waals surface area contributed by atoms with Crippen LogP contribution in [0.5, 0.6) is 11.5 Å². The number of rotatable bonds is 4. The number of hydrogen-bond donors (Lipinski definition) is 0. The highest BCUT2D eigenvalue weighted by atomic mass is 35.5. The van der Waals surface area contributed by atoms with E-state index >= 15 is 0 Å². The number of fused-ring (bicyclic) bond motifs is 3. The van der Waals surface area contributed by atoms with Crippen molar-refractivity contribution in [1.82, 2.24) is 9.13 Å². The van der Waals surface area contributed by atoms with Gasteiger partial charge in [0, 0.05) is 24.7 Å². The van der Waals surface area contributed by atoms with Crippen molar-refractivity contribution in [3.63, 3.8) is 0 Å². The molecule has 33 heavy (non-hydrogen) atoms. The Morgan fingerprint density at radius 1 is 1.00 bits per heavy atom. The van der Waals surface area contributed by atoms with Gasteiger partial charge in [-0.1, -0.05) is 24.6 Å². The van der Waals surface area contributed by atoms with Crippen LogP contribution in [0.25, 0.3) is 11.3 Å². The molecule has 2 aromatic carbocycles. The quantitative estimate of drug-likeness (QED) is 0.542. The third kappa shape index (κ3) is 4.20. The maximum absolute atomic E-state index is 13.5. The molecular weight excluding hydrogens is 438 g/mol. The molecule has 0 saturated heterocycles. The molecular formula is C26H32ClN3O3. The number of aryl methyl sites for hydroxylation is 3. The van der Waals surface area contributed by atoms with Gasteiger partial charge in [-0.3, -0.25) is 9.13 Å². The highest BCUT2D eigenvalue weighted by molar-refractivity contribution is 5.85. The first kappa shape index (κ1) is 24.6. The summed E-state index contributed by atoms with van der Waals surface area (Å²) in [6.45, 7) is 8.32. The Hall–Kier alpha value is -2.99. The van der Waals surface area contributed by atoms with E-state index in [4.69, 9.17) is 14.5 Å². The van der Waals surface area contributed by atoms with Crippen LogP contribution in [-0.4, -0.2) is 23.4 Å². The van der Waals surface area contributed by atoms with Gasteiger partial charge in [0.2, 0.25) is 0 Å². The lowest BCUT2D eigenvalue weighted by Crippen LogP contribution is -2.42. The van der Waals surface area contributed by atoms with Gasteiger partial charge in [-0.05, 0) is 62.4 Å². The molecule has 176 valence electrons. The topological polar surface area (TPSA) is 57.8 Å². The lowest BCUT2D eigenvalue weighted by atomic mass is 9.91. The largest absolute Gasteiger partial charge is 0.493 e. The van der Waals surface area contributed by atoms with Gasteiger partial charge in [0.15, 0.2) is 11.5 Å². The molecule has 0 N–H and O–H groups in total. The van der Waals surface area contributed by atoms with Gasteiger partial charge in [0.05, 0.1) is 25.6 Å². The van der Waals surface area contributed by atoms with Crippen LogP contribution in [0.1, 0.15) is 41.6 Å². The first-order chi connectivity index (χ1) is 15.3. The molecule has 0 fully saturated rings. The Labute approximate surface area is 200 Å². The number of nitrogens with zero attached hydrogens (tertiary/aromatic N) is 3. The highest BCUT2D eigenvalue weighted by Gasteiger charge is 2.27. The summed E-state index contributed by atoms with van der Waals surface area (Å²) < 4.78 is 14.6. The minimum absolute atomic E-state index is 0. The van der Waals surface area contributed by atoms with E-state index in [1.807, 2.05) is 22.8 Å². The predicted molar refractivity (Wildman–Crippen MR) is 134 cm³/mol. The molecule has 3 aromatic rings. The first-order valence-corrected chi connectivity index (χ1v) is 11.0. The predicted octanol–water partition coefficient (Wildman–Crippen LogP) is 4.96. The third-order valence-corrected chi connectivity index (χ3v) is 6.40. The van der Waals surface area contributed by atoms with Crippen molar-refractivity contribution >= 4 is 18.1 Å². The van der Waals surface area contributed by atoms with Crippen molar-refractivity contribution in [1.29, 1.82) is 0 Å². The monoisotopic (exact) mass is 469 g/mol. The van der Waals surface area contributed by atoms with Gasteiger partial charge in [0.25, 0.3) is 0 Å². The average molecular weight is 470 g/mol. The molecule has 0 unspecified atom stereocenters. The van der Waals surface area contributed by atoms with Crippen molar-refractivity contribution in [3.8, 4) is 22.8 Å². The van der Waals surface area contributed by atoms with E-state index in [2.05, 4.69) is 39.8 Å². The second-order valence-electron chi connectivity index (χ2n) is 8.59. The molecule has 6 nitrogen and oxygen atoms in total. The summed E-state index contributed by atoms with van der Waals surface area (Å²) in [6, 6.07) is 10.3. The van der Waals surface area contributed by atoms with E-state index in [9.17, 15) is 4.79 Å². The smallest absolute Gasteiger partial charge is 0.330 e. The van der Waals surface area contributed by atoms with Crippen LogP contribution in [-0.2, 0) is 13.5 Å².